The minimum absolute atomic E-state index is 0.0940. The topological polar surface area (TPSA) is 84.0 Å². The largest absolute Gasteiger partial charge is 0.340 e. The van der Waals surface area contributed by atoms with Gasteiger partial charge < -0.3 is 5.32 Å². The molecule has 2 heterocycles. The van der Waals surface area contributed by atoms with Gasteiger partial charge in [-0.25, -0.2) is 4.79 Å². The highest BCUT2D eigenvalue weighted by atomic mass is 16.2. The molecule has 1 aliphatic heterocycles. The van der Waals surface area contributed by atoms with Crippen molar-refractivity contribution in [2.45, 2.75) is 12.8 Å². The van der Waals surface area contributed by atoms with Crippen molar-refractivity contribution in [2.24, 2.45) is 7.05 Å². The molecular formula is C22H17N3O3. The van der Waals surface area contributed by atoms with Gasteiger partial charge in [0.1, 0.15) is 5.82 Å². The second-order valence-electron chi connectivity index (χ2n) is 7.22. The molecule has 0 saturated carbocycles. The molecule has 6 nitrogen and oxygen atoms in total. The fraction of sp³-hybridized carbons (Fsp3) is 0.136. The first kappa shape index (κ1) is 16.5. The molecule has 3 aromatic rings. The van der Waals surface area contributed by atoms with E-state index in [9.17, 15) is 14.4 Å². The number of hydrogen-bond acceptors (Lipinski definition) is 4. The predicted octanol–water partition coefficient (Wildman–Crippen LogP) is 2.55. The molecule has 138 valence electrons. The number of H-pyrrole nitrogens is 1. The van der Waals surface area contributed by atoms with Crippen LogP contribution < -0.4 is 16.6 Å². The molecule has 1 aliphatic carbocycles. The Kier molecular flexibility index (Phi) is 3.34. The summed E-state index contributed by atoms with van der Waals surface area (Å²) in [5.74, 6) is -0.228. The van der Waals surface area contributed by atoms with Crippen LogP contribution >= 0.6 is 0 Å². The Morgan fingerprint density at radius 1 is 0.964 bits per heavy atom. The summed E-state index contributed by atoms with van der Waals surface area (Å²) in [5, 5.41) is 3.21. The van der Waals surface area contributed by atoms with E-state index in [2.05, 4.69) is 10.3 Å². The van der Waals surface area contributed by atoms with Crippen LogP contribution in [-0.4, -0.2) is 15.3 Å². The van der Waals surface area contributed by atoms with Crippen LogP contribution in [-0.2, 0) is 7.05 Å². The van der Waals surface area contributed by atoms with Crippen molar-refractivity contribution < 1.29 is 4.79 Å². The van der Waals surface area contributed by atoms with Crippen molar-refractivity contribution in [3.05, 3.63) is 103 Å². The van der Waals surface area contributed by atoms with Crippen LogP contribution in [0.4, 0.5) is 5.82 Å². The number of allylic oxidation sites excluding steroid dienone is 1. The molecule has 0 fully saturated rings. The van der Waals surface area contributed by atoms with E-state index in [1.54, 1.807) is 13.1 Å². The molecule has 2 aliphatic rings. The number of rotatable bonds is 1. The number of aromatic nitrogens is 2. The number of nitrogens with zero attached hydrogens (tertiary/aromatic N) is 1. The predicted molar refractivity (Wildman–Crippen MR) is 107 cm³/mol. The van der Waals surface area contributed by atoms with Gasteiger partial charge in [-0.1, -0.05) is 54.1 Å². The number of ketones is 1. The van der Waals surface area contributed by atoms with Gasteiger partial charge in [0.15, 0.2) is 5.78 Å². The van der Waals surface area contributed by atoms with Crippen molar-refractivity contribution >= 4 is 17.3 Å². The van der Waals surface area contributed by atoms with Crippen LogP contribution in [0.2, 0.25) is 0 Å². The summed E-state index contributed by atoms with van der Waals surface area (Å²) >= 11 is 0. The molecule has 6 heteroatoms. The van der Waals surface area contributed by atoms with Crippen LogP contribution in [0.25, 0.3) is 5.70 Å². The zero-order chi connectivity index (χ0) is 19.6. The van der Waals surface area contributed by atoms with Gasteiger partial charge in [0.25, 0.3) is 5.56 Å². The molecule has 0 radical (unpaired) electrons. The molecule has 1 unspecified atom stereocenters. The van der Waals surface area contributed by atoms with Gasteiger partial charge in [-0.2, -0.15) is 0 Å². The zero-order valence-corrected chi connectivity index (χ0v) is 15.4. The number of fused-ring (bicyclic) bond motifs is 3. The van der Waals surface area contributed by atoms with Crippen molar-refractivity contribution in [2.75, 3.05) is 5.32 Å². The Balaban J connectivity index is 1.88. The number of carbonyl (C=O) groups excluding carboxylic acids is 1. The van der Waals surface area contributed by atoms with E-state index in [1.165, 1.54) is 4.57 Å². The summed E-state index contributed by atoms with van der Waals surface area (Å²) in [6.45, 7) is 1.97. The van der Waals surface area contributed by atoms with Gasteiger partial charge in [-0.05, 0) is 12.5 Å². The molecule has 28 heavy (non-hydrogen) atoms. The molecule has 1 atom stereocenters. The summed E-state index contributed by atoms with van der Waals surface area (Å²) in [5.41, 5.74) is 3.89. The van der Waals surface area contributed by atoms with Crippen molar-refractivity contribution in [3.8, 4) is 0 Å². The SMILES string of the molecule is Cc1cccc(C2C3=C(Nc4c2c(=O)[nH]c(=O)n4C)c2ccccc2C3=O)c1. The average molecular weight is 371 g/mol. The molecule has 5 rings (SSSR count). The number of benzene rings is 2. The van der Waals surface area contributed by atoms with Gasteiger partial charge in [-0.3, -0.25) is 19.1 Å². The van der Waals surface area contributed by atoms with Crippen LogP contribution in [0.1, 0.15) is 38.5 Å². The molecule has 2 N–H and O–H groups in total. The van der Waals surface area contributed by atoms with Crippen molar-refractivity contribution in [3.63, 3.8) is 0 Å². The van der Waals surface area contributed by atoms with E-state index in [1.807, 2.05) is 49.4 Å². The van der Waals surface area contributed by atoms with E-state index in [0.717, 1.165) is 16.7 Å². The van der Waals surface area contributed by atoms with Gasteiger partial charge in [0, 0.05) is 29.7 Å². The average Bonchev–Trinajstić information content (AvgIpc) is 2.97. The van der Waals surface area contributed by atoms with Crippen LogP contribution in [0.5, 0.6) is 0 Å². The quantitative estimate of drug-likeness (QED) is 0.689. The lowest BCUT2D eigenvalue weighted by Gasteiger charge is -2.29. The smallest absolute Gasteiger partial charge is 0.329 e. The lowest BCUT2D eigenvalue weighted by molar-refractivity contribution is 0.103. The lowest BCUT2D eigenvalue weighted by Crippen LogP contribution is -2.37. The number of carbonyl (C=O) groups is 1. The van der Waals surface area contributed by atoms with E-state index in [0.29, 0.717) is 28.2 Å². The molecule has 0 saturated heterocycles. The van der Waals surface area contributed by atoms with Gasteiger partial charge in [0.2, 0.25) is 0 Å². The Morgan fingerprint density at radius 3 is 2.46 bits per heavy atom. The van der Waals surface area contributed by atoms with E-state index < -0.39 is 17.2 Å². The molecule has 0 spiro atoms. The monoisotopic (exact) mass is 371 g/mol. The summed E-state index contributed by atoms with van der Waals surface area (Å²) in [6, 6.07) is 15.1. The Bertz CT molecular complexity index is 1330. The summed E-state index contributed by atoms with van der Waals surface area (Å²) in [6.07, 6.45) is 0. The molecule has 0 amide bonds. The fourth-order valence-corrected chi connectivity index (χ4v) is 4.22. The van der Waals surface area contributed by atoms with E-state index >= 15 is 0 Å². The lowest BCUT2D eigenvalue weighted by atomic mass is 9.81. The Labute approximate surface area is 160 Å². The third kappa shape index (κ3) is 2.11. The highest BCUT2D eigenvalue weighted by molar-refractivity contribution is 6.23. The minimum atomic E-state index is -0.554. The maximum Gasteiger partial charge on any atom is 0.329 e. The number of aromatic amines is 1. The summed E-state index contributed by atoms with van der Waals surface area (Å²) < 4.78 is 1.38. The molecular weight excluding hydrogens is 354 g/mol. The molecule has 1 aromatic heterocycles. The second-order valence-corrected chi connectivity index (χ2v) is 7.22. The number of nitrogens with one attached hydrogen (secondary N) is 2. The zero-order valence-electron chi connectivity index (χ0n) is 15.4. The fourth-order valence-electron chi connectivity index (χ4n) is 4.22. The van der Waals surface area contributed by atoms with E-state index in [-0.39, 0.29) is 5.78 Å². The first-order valence-electron chi connectivity index (χ1n) is 9.02. The highest BCUT2D eigenvalue weighted by Crippen LogP contribution is 2.47. The number of aryl methyl sites for hydroxylation is 1. The minimum Gasteiger partial charge on any atom is -0.340 e. The van der Waals surface area contributed by atoms with Crippen LogP contribution in [0.15, 0.2) is 63.7 Å². The first-order chi connectivity index (χ1) is 13.5. The number of Topliss-reactive ketones (excluding diaryl/α,β-unsaturated/α-hetero) is 1. The summed E-state index contributed by atoms with van der Waals surface area (Å²) in [7, 11) is 1.60. The van der Waals surface area contributed by atoms with E-state index in [4.69, 9.17) is 0 Å². The molecule has 2 aromatic carbocycles. The van der Waals surface area contributed by atoms with Gasteiger partial charge in [-0.15, -0.1) is 0 Å². The molecule has 0 bridgehead atoms. The normalized spacial score (nSPS) is 17.1. The van der Waals surface area contributed by atoms with Crippen LogP contribution in [0, 0.1) is 6.92 Å². The summed E-state index contributed by atoms with van der Waals surface area (Å²) in [4.78, 5) is 40.7. The number of anilines is 1. The van der Waals surface area contributed by atoms with Gasteiger partial charge >= 0.3 is 5.69 Å². The highest BCUT2D eigenvalue weighted by Gasteiger charge is 2.42. The van der Waals surface area contributed by atoms with Crippen molar-refractivity contribution in [1.29, 1.82) is 0 Å². The third-order valence-corrected chi connectivity index (χ3v) is 5.51. The third-order valence-electron chi connectivity index (χ3n) is 5.51. The number of hydrogen-bond donors (Lipinski definition) is 2. The van der Waals surface area contributed by atoms with Crippen molar-refractivity contribution in [1.82, 2.24) is 9.55 Å². The second kappa shape index (κ2) is 5.66. The van der Waals surface area contributed by atoms with Gasteiger partial charge in [0.05, 0.1) is 11.3 Å². The Hall–Kier alpha value is -3.67. The Morgan fingerprint density at radius 2 is 1.71 bits per heavy atom. The maximum atomic E-state index is 13.3. The standard InChI is InChI=1S/C22H17N3O3/c1-11-6-5-7-12(10-11)15-16-18(13-8-3-4-9-14(13)19(16)26)23-20-17(15)21(27)24-22(28)25(20)2/h3-10,15,23H,1-2H3,(H,24,27,28). The first-order valence-corrected chi connectivity index (χ1v) is 9.02. The van der Waals surface area contributed by atoms with Crippen LogP contribution in [0.3, 0.4) is 0 Å². The maximum absolute atomic E-state index is 13.3.